The van der Waals surface area contributed by atoms with Crippen LogP contribution in [-0.2, 0) is 4.79 Å². The molecule has 0 aromatic heterocycles. The Morgan fingerprint density at radius 3 is 2.75 bits per heavy atom. The molecule has 2 N–H and O–H groups in total. The van der Waals surface area contributed by atoms with Crippen molar-refractivity contribution >= 4 is 5.91 Å². The lowest BCUT2D eigenvalue weighted by molar-refractivity contribution is -0.121. The first-order chi connectivity index (χ1) is 7.65. The van der Waals surface area contributed by atoms with Gasteiger partial charge >= 0.3 is 0 Å². The second-order valence-electron chi connectivity index (χ2n) is 4.65. The van der Waals surface area contributed by atoms with Gasteiger partial charge in [-0.1, -0.05) is 6.92 Å². The Kier molecular flexibility index (Phi) is 5.77. The smallest absolute Gasteiger partial charge is 0.221 e. The Labute approximate surface area is 98.8 Å². The molecule has 0 aliphatic heterocycles. The lowest BCUT2D eigenvalue weighted by Gasteiger charge is -2.24. The fourth-order valence-electron chi connectivity index (χ4n) is 1.71. The fourth-order valence-corrected chi connectivity index (χ4v) is 1.71. The summed E-state index contributed by atoms with van der Waals surface area (Å²) in [5.41, 5.74) is 0. The number of nitrogens with zero attached hydrogens (tertiary/aromatic N) is 1. The summed E-state index contributed by atoms with van der Waals surface area (Å²) in [4.78, 5) is 13.8. The average molecular weight is 227 g/mol. The second kappa shape index (κ2) is 6.86. The average Bonchev–Trinajstić information content (AvgIpc) is 3.09. The molecule has 1 fully saturated rings. The zero-order valence-corrected chi connectivity index (χ0v) is 10.8. The highest BCUT2D eigenvalue weighted by molar-refractivity contribution is 5.76. The quantitative estimate of drug-likeness (QED) is 0.596. The van der Waals surface area contributed by atoms with E-state index in [1.54, 1.807) is 0 Å². The van der Waals surface area contributed by atoms with Gasteiger partial charge in [0.1, 0.15) is 0 Å². The second-order valence-corrected chi connectivity index (χ2v) is 4.65. The number of amides is 1. The predicted molar refractivity (Wildman–Crippen MR) is 66.4 cm³/mol. The highest BCUT2D eigenvalue weighted by Gasteiger charge is 2.28. The Hall–Kier alpha value is -0.610. The molecule has 1 atom stereocenters. The summed E-state index contributed by atoms with van der Waals surface area (Å²) in [6, 6.07) is 1.20. The Morgan fingerprint density at radius 2 is 2.19 bits per heavy atom. The third kappa shape index (κ3) is 4.94. The van der Waals surface area contributed by atoms with E-state index < -0.39 is 0 Å². The van der Waals surface area contributed by atoms with E-state index in [1.807, 2.05) is 6.92 Å². The zero-order valence-electron chi connectivity index (χ0n) is 10.8. The van der Waals surface area contributed by atoms with Crippen molar-refractivity contribution in [1.82, 2.24) is 15.5 Å². The third-order valence-corrected chi connectivity index (χ3v) is 3.19. The van der Waals surface area contributed by atoms with Crippen molar-refractivity contribution in [1.29, 1.82) is 0 Å². The number of hydrogen-bond donors (Lipinski definition) is 2. The minimum Gasteiger partial charge on any atom is -0.355 e. The molecule has 1 aliphatic rings. The van der Waals surface area contributed by atoms with Crippen molar-refractivity contribution in [2.24, 2.45) is 0 Å². The number of carbonyl (C=O) groups excluding carboxylic acids is 1. The normalized spacial score (nSPS) is 17.5. The fraction of sp³-hybridized carbons (Fsp3) is 0.917. The molecule has 0 bridgehead atoms. The highest BCUT2D eigenvalue weighted by atomic mass is 16.1. The van der Waals surface area contributed by atoms with E-state index in [1.165, 1.54) is 12.8 Å². The van der Waals surface area contributed by atoms with Crippen LogP contribution in [0.4, 0.5) is 0 Å². The van der Waals surface area contributed by atoms with Gasteiger partial charge in [-0.05, 0) is 33.4 Å². The van der Waals surface area contributed by atoms with Crippen molar-refractivity contribution in [3.8, 4) is 0 Å². The maximum Gasteiger partial charge on any atom is 0.221 e. The van der Waals surface area contributed by atoms with Crippen molar-refractivity contribution in [2.45, 2.75) is 45.2 Å². The van der Waals surface area contributed by atoms with E-state index in [9.17, 15) is 4.79 Å². The molecular weight excluding hydrogens is 202 g/mol. The van der Waals surface area contributed by atoms with Crippen LogP contribution in [0.25, 0.3) is 0 Å². The van der Waals surface area contributed by atoms with Crippen LogP contribution in [0.5, 0.6) is 0 Å². The summed E-state index contributed by atoms with van der Waals surface area (Å²) in [6.45, 7) is 6.68. The summed E-state index contributed by atoms with van der Waals surface area (Å²) in [6.07, 6.45) is 3.21. The van der Waals surface area contributed by atoms with E-state index in [4.69, 9.17) is 0 Å². The van der Waals surface area contributed by atoms with Gasteiger partial charge in [0.05, 0.1) is 0 Å². The van der Waals surface area contributed by atoms with Gasteiger partial charge in [0, 0.05) is 31.6 Å². The van der Waals surface area contributed by atoms with E-state index >= 15 is 0 Å². The highest BCUT2D eigenvalue weighted by Crippen LogP contribution is 2.26. The Bertz CT molecular complexity index is 216. The van der Waals surface area contributed by atoms with Crippen LogP contribution in [0.15, 0.2) is 0 Å². The number of rotatable bonds is 8. The maximum absolute atomic E-state index is 11.5. The van der Waals surface area contributed by atoms with Crippen LogP contribution in [0.3, 0.4) is 0 Å². The van der Waals surface area contributed by atoms with Gasteiger partial charge in [0.25, 0.3) is 0 Å². The SMILES string of the molecule is CCNCCC(=O)NCC(C)N(C)C1CC1. The standard InChI is InChI=1S/C12H25N3O/c1-4-13-8-7-12(16)14-9-10(2)15(3)11-5-6-11/h10-11,13H,4-9H2,1-3H3,(H,14,16). The molecule has 0 aromatic rings. The minimum absolute atomic E-state index is 0.150. The van der Waals surface area contributed by atoms with Gasteiger partial charge < -0.3 is 10.6 Å². The van der Waals surface area contributed by atoms with Crippen LogP contribution >= 0.6 is 0 Å². The molecule has 94 valence electrons. The molecule has 4 heteroatoms. The molecule has 1 rings (SSSR count). The number of carbonyl (C=O) groups is 1. The van der Waals surface area contributed by atoms with Gasteiger partial charge in [-0.15, -0.1) is 0 Å². The van der Waals surface area contributed by atoms with Crippen LogP contribution in [0.2, 0.25) is 0 Å². The molecule has 1 amide bonds. The molecule has 1 unspecified atom stereocenters. The first kappa shape index (κ1) is 13.5. The molecule has 4 nitrogen and oxygen atoms in total. The summed E-state index contributed by atoms with van der Waals surface area (Å²) >= 11 is 0. The summed E-state index contributed by atoms with van der Waals surface area (Å²) in [5, 5.41) is 6.13. The molecule has 1 saturated carbocycles. The molecule has 0 spiro atoms. The summed E-state index contributed by atoms with van der Waals surface area (Å²) < 4.78 is 0. The number of likely N-dealkylation sites (N-methyl/N-ethyl adjacent to an activating group) is 1. The molecule has 0 radical (unpaired) electrons. The van der Waals surface area contributed by atoms with E-state index in [0.717, 1.165) is 25.7 Å². The first-order valence-corrected chi connectivity index (χ1v) is 6.34. The Balaban J connectivity index is 2.05. The zero-order chi connectivity index (χ0) is 12.0. The lowest BCUT2D eigenvalue weighted by Crippen LogP contribution is -2.41. The minimum atomic E-state index is 0.150. The molecule has 0 saturated heterocycles. The number of hydrogen-bond acceptors (Lipinski definition) is 3. The van der Waals surface area contributed by atoms with Crippen LogP contribution in [0.1, 0.15) is 33.1 Å². The molecule has 1 aliphatic carbocycles. The molecule has 16 heavy (non-hydrogen) atoms. The predicted octanol–water partition coefficient (Wildman–Crippen LogP) is 0.585. The van der Waals surface area contributed by atoms with E-state index in [2.05, 4.69) is 29.5 Å². The molecule has 0 heterocycles. The van der Waals surface area contributed by atoms with Crippen molar-refractivity contribution < 1.29 is 4.79 Å². The van der Waals surface area contributed by atoms with Gasteiger partial charge in [-0.3, -0.25) is 9.69 Å². The van der Waals surface area contributed by atoms with Crippen LogP contribution in [-0.4, -0.2) is 49.6 Å². The van der Waals surface area contributed by atoms with E-state index in [-0.39, 0.29) is 5.91 Å². The van der Waals surface area contributed by atoms with Gasteiger partial charge in [-0.25, -0.2) is 0 Å². The summed E-state index contributed by atoms with van der Waals surface area (Å²) in [7, 11) is 2.15. The number of nitrogens with one attached hydrogen (secondary N) is 2. The van der Waals surface area contributed by atoms with Crippen LogP contribution in [0, 0.1) is 0 Å². The van der Waals surface area contributed by atoms with Crippen molar-refractivity contribution in [3.05, 3.63) is 0 Å². The topological polar surface area (TPSA) is 44.4 Å². The van der Waals surface area contributed by atoms with Crippen LogP contribution < -0.4 is 10.6 Å². The van der Waals surface area contributed by atoms with Gasteiger partial charge in [0.2, 0.25) is 5.91 Å². The van der Waals surface area contributed by atoms with Crippen molar-refractivity contribution in [2.75, 3.05) is 26.7 Å². The van der Waals surface area contributed by atoms with Gasteiger partial charge in [-0.2, -0.15) is 0 Å². The molecule has 0 aromatic carbocycles. The summed E-state index contributed by atoms with van der Waals surface area (Å²) in [5.74, 6) is 0.150. The van der Waals surface area contributed by atoms with Crippen molar-refractivity contribution in [3.63, 3.8) is 0 Å². The van der Waals surface area contributed by atoms with E-state index in [0.29, 0.717) is 12.5 Å². The first-order valence-electron chi connectivity index (χ1n) is 6.34. The Morgan fingerprint density at radius 1 is 1.50 bits per heavy atom. The monoisotopic (exact) mass is 227 g/mol. The largest absolute Gasteiger partial charge is 0.355 e. The third-order valence-electron chi connectivity index (χ3n) is 3.19. The molecular formula is C12H25N3O. The lowest BCUT2D eigenvalue weighted by atomic mass is 10.3. The van der Waals surface area contributed by atoms with Gasteiger partial charge in [0.15, 0.2) is 0 Å². The maximum atomic E-state index is 11.5.